The molecule has 3 N–H and O–H groups in total. The minimum absolute atomic E-state index is 0.322. The Balaban J connectivity index is 2.73. The van der Waals surface area contributed by atoms with E-state index in [2.05, 4.69) is 10.1 Å². The predicted molar refractivity (Wildman–Crippen MR) is 39.8 cm³/mol. The molecule has 0 aliphatic carbocycles. The molecule has 0 aromatic rings. The van der Waals surface area contributed by atoms with Crippen molar-refractivity contribution in [2.75, 3.05) is 0 Å². The lowest BCUT2D eigenvalue weighted by atomic mass is 10.4. The molecule has 4 nitrogen and oxygen atoms in total. The molecule has 0 spiro atoms. The van der Waals surface area contributed by atoms with E-state index < -0.39 is 0 Å². The van der Waals surface area contributed by atoms with Gasteiger partial charge in [0, 0.05) is 18.0 Å². The van der Waals surface area contributed by atoms with Crippen LogP contribution >= 0.6 is 0 Å². The van der Waals surface area contributed by atoms with Crippen LogP contribution in [0.25, 0.3) is 0 Å². The van der Waals surface area contributed by atoms with Crippen LogP contribution in [0.1, 0.15) is 0 Å². The maximum Gasteiger partial charge on any atom is 0.299 e. The maximum absolute atomic E-state index is 9.90. The zero-order chi connectivity index (χ0) is 8.10. The Morgan fingerprint density at radius 2 is 2.45 bits per heavy atom. The van der Waals surface area contributed by atoms with Crippen LogP contribution in [0.3, 0.4) is 0 Å². The number of nitrogens with one attached hydrogen (secondary N) is 1. The molecular weight excluding hydrogens is 144 g/mol. The second-order valence-corrected chi connectivity index (χ2v) is 1.89. The molecule has 1 aliphatic rings. The van der Waals surface area contributed by atoms with Crippen LogP contribution in [-0.4, -0.2) is 6.47 Å². The van der Waals surface area contributed by atoms with Crippen molar-refractivity contribution in [2.45, 2.75) is 0 Å². The number of nitrogens with two attached hydrogens (primary N) is 1. The number of hydrogen-bond donors (Lipinski definition) is 2. The van der Waals surface area contributed by atoms with E-state index in [4.69, 9.17) is 5.73 Å². The molecular formula is C7H8N2O2. The van der Waals surface area contributed by atoms with Crippen molar-refractivity contribution in [3.05, 3.63) is 36.0 Å². The molecule has 0 atom stereocenters. The smallest absolute Gasteiger partial charge is 0.299 e. The van der Waals surface area contributed by atoms with E-state index in [9.17, 15) is 4.79 Å². The van der Waals surface area contributed by atoms with Crippen LogP contribution in [0.15, 0.2) is 36.0 Å². The standard InChI is InChI=1S/C7H8N2O2/c8-6-2-1-3-9-7(4-6)11-5-10/h1-5,9H,8H2. The highest BCUT2D eigenvalue weighted by Crippen LogP contribution is 1.99. The van der Waals surface area contributed by atoms with Gasteiger partial charge in [-0.2, -0.15) is 0 Å². The van der Waals surface area contributed by atoms with Crippen LogP contribution < -0.4 is 11.1 Å². The SMILES string of the molecule is NC1=CC=CNC(OC=O)=C1. The van der Waals surface area contributed by atoms with E-state index in [1.54, 1.807) is 18.4 Å². The fraction of sp³-hybridized carbons (Fsp3) is 0. The van der Waals surface area contributed by atoms with Crippen molar-refractivity contribution in [3.63, 3.8) is 0 Å². The second-order valence-electron chi connectivity index (χ2n) is 1.89. The van der Waals surface area contributed by atoms with E-state index in [1.807, 2.05) is 0 Å². The first-order chi connectivity index (χ1) is 5.33. The van der Waals surface area contributed by atoms with Crippen LogP contribution in [0.2, 0.25) is 0 Å². The van der Waals surface area contributed by atoms with Gasteiger partial charge in [0.05, 0.1) is 0 Å². The van der Waals surface area contributed by atoms with Crippen LogP contribution in [-0.2, 0) is 9.53 Å². The topological polar surface area (TPSA) is 64.3 Å². The molecule has 0 bridgehead atoms. The molecule has 0 radical (unpaired) electrons. The Morgan fingerprint density at radius 3 is 3.18 bits per heavy atom. The zero-order valence-corrected chi connectivity index (χ0v) is 5.78. The average Bonchev–Trinajstić information content (AvgIpc) is 2.15. The monoisotopic (exact) mass is 152 g/mol. The lowest BCUT2D eigenvalue weighted by Gasteiger charge is -2.00. The molecule has 0 aromatic heterocycles. The summed E-state index contributed by atoms with van der Waals surface area (Å²) in [6.45, 7) is 0.339. The van der Waals surface area contributed by atoms with Crippen molar-refractivity contribution in [3.8, 4) is 0 Å². The summed E-state index contributed by atoms with van der Waals surface area (Å²) in [6, 6.07) is 0. The van der Waals surface area contributed by atoms with Crippen LogP contribution in [0, 0.1) is 0 Å². The first-order valence-electron chi connectivity index (χ1n) is 3.04. The quantitative estimate of drug-likeness (QED) is 0.545. The van der Waals surface area contributed by atoms with E-state index in [1.165, 1.54) is 6.08 Å². The van der Waals surface area contributed by atoms with Gasteiger partial charge in [0.15, 0.2) is 0 Å². The van der Waals surface area contributed by atoms with Gasteiger partial charge >= 0.3 is 0 Å². The fourth-order valence-corrected chi connectivity index (χ4v) is 0.650. The minimum atomic E-state index is 0.322. The van der Waals surface area contributed by atoms with Crippen molar-refractivity contribution < 1.29 is 9.53 Å². The summed E-state index contributed by atoms with van der Waals surface area (Å²) in [6.07, 6.45) is 6.55. The van der Waals surface area contributed by atoms with Gasteiger partial charge in [-0.15, -0.1) is 0 Å². The largest absolute Gasteiger partial charge is 0.412 e. The third-order valence-corrected chi connectivity index (χ3v) is 1.08. The molecule has 1 aliphatic heterocycles. The Morgan fingerprint density at radius 1 is 1.64 bits per heavy atom. The number of rotatable bonds is 2. The number of allylic oxidation sites excluding steroid dienone is 3. The molecule has 0 fully saturated rings. The highest BCUT2D eigenvalue weighted by atomic mass is 16.5. The normalized spacial score (nSPS) is 15.6. The fourth-order valence-electron chi connectivity index (χ4n) is 0.650. The summed E-state index contributed by atoms with van der Waals surface area (Å²) in [7, 11) is 0. The van der Waals surface area contributed by atoms with E-state index in [0.29, 0.717) is 18.1 Å². The Hall–Kier alpha value is -1.71. The molecule has 0 saturated carbocycles. The van der Waals surface area contributed by atoms with E-state index in [-0.39, 0.29) is 0 Å². The van der Waals surface area contributed by atoms with Gasteiger partial charge in [0.1, 0.15) is 0 Å². The summed E-state index contributed by atoms with van der Waals surface area (Å²) < 4.78 is 4.53. The lowest BCUT2D eigenvalue weighted by molar-refractivity contribution is -0.125. The Bertz CT molecular complexity index is 241. The van der Waals surface area contributed by atoms with E-state index >= 15 is 0 Å². The molecule has 0 unspecified atom stereocenters. The Kier molecular flexibility index (Phi) is 2.32. The van der Waals surface area contributed by atoms with Crippen molar-refractivity contribution in [1.82, 2.24) is 5.32 Å². The van der Waals surface area contributed by atoms with Crippen molar-refractivity contribution >= 4 is 6.47 Å². The molecule has 1 heterocycles. The van der Waals surface area contributed by atoms with Crippen LogP contribution in [0.5, 0.6) is 0 Å². The predicted octanol–water partition coefficient (Wildman–Crippen LogP) is -0.0397. The van der Waals surface area contributed by atoms with Gasteiger partial charge in [-0.25, -0.2) is 0 Å². The summed E-state index contributed by atoms with van der Waals surface area (Å²) in [5.74, 6) is 0.322. The number of ether oxygens (including phenoxy) is 1. The lowest BCUT2D eigenvalue weighted by Crippen LogP contribution is -2.08. The molecule has 11 heavy (non-hydrogen) atoms. The highest BCUT2D eigenvalue weighted by molar-refractivity contribution is 5.41. The molecule has 4 heteroatoms. The number of carbonyl (C=O) groups excluding carboxylic acids is 1. The molecule has 58 valence electrons. The van der Waals surface area contributed by atoms with Gasteiger partial charge in [-0.05, 0) is 12.2 Å². The third kappa shape index (κ3) is 2.17. The molecule has 0 aromatic carbocycles. The first-order valence-corrected chi connectivity index (χ1v) is 3.04. The van der Waals surface area contributed by atoms with E-state index in [0.717, 1.165) is 0 Å². The summed E-state index contributed by atoms with van der Waals surface area (Å²) in [5, 5.41) is 2.71. The number of hydrogen-bond acceptors (Lipinski definition) is 4. The second kappa shape index (κ2) is 3.46. The molecule has 0 saturated heterocycles. The van der Waals surface area contributed by atoms with Gasteiger partial charge in [0.25, 0.3) is 6.47 Å². The van der Waals surface area contributed by atoms with Crippen molar-refractivity contribution in [1.29, 1.82) is 0 Å². The molecule has 0 amide bonds. The summed E-state index contributed by atoms with van der Waals surface area (Å²) in [5.41, 5.74) is 5.98. The first kappa shape index (κ1) is 7.40. The summed E-state index contributed by atoms with van der Waals surface area (Å²) >= 11 is 0. The Labute approximate surface area is 64.0 Å². The minimum Gasteiger partial charge on any atom is -0.412 e. The van der Waals surface area contributed by atoms with Gasteiger partial charge in [-0.1, -0.05) is 0 Å². The summed E-state index contributed by atoms with van der Waals surface area (Å²) in [4.78, 5) is 9.90. The van der Waals surface area contributed by atoms with Crippen LogP contribution in [0.4, 0.5) is 0 Å². The van der Waals surface area contributed by atoms with Gasteiger partial charge in [0.2, 0.25) is 5.88 Å². The molecule has 1 rings (SSSR count). The highest BCUT2D eigenvalue weighted by Gasteiger charge is 1.96. The van der Waals surface area contributed by atoms with Gasteiger partial charge in [-0.3, -0.25) is 4.79 Å². The number of carbonyl (C=O) groups is 1. The van der Waals surface area contributed by atoms with Crippen molar-refractivity contribution in [2.24, 2.45) is 5.73 Å². The average molecular weight is 152 g/mol. The zero-order valence-electron chi connectivity index (χ0n) is 5.78. The van der Waals surface area contributed by atoms with Gasteiger partial charge < -0.3 is 15.8 Å². The third-order valence-electron chi connectivity index (χ3n) is 1.08. The maximum atomic E-state index is 9.90.